The molecule has 3 rings (SSSR count). The van der Waals surface area contributed by atoms with Gasteiger partial charge in [0.2, 0.25) is 5.91 Å². The van der Waals surface area contributed by atoms with E-state index < -0.39 is 0 Å². The topological polar surface area (TPSA) is 97.2 Å². The molecule has 2 aliphatic rings. The standard InChI is InChI=1S/C19H29N5O2/c20-18(25)17-5-2-6-23(14-17)13-16-4-1-3-15(11-16)12-22-19(21)24-7-9-26-10-8-24/h1,3-4,11,17H,2,5-10,12-14H2,(H2,20,25)(H2,21,22). The van der Waals surface area contributed by atoms with Crippen molar-refractivity contribution < 1.29 is 9.53 Å². The molecule has 2 heterocycles. The highest BCUT2D eigenvalue weighted by Crippen LogP contribution is 2.19. The van der Waals surface area contributed by atoms with E-state index in [-0.39, 0.29) is 11.8 Å². The molecule has 1 aromatic carbocycles. The van der Waals surface area contributed by atoms with Crippen LogP contribution in [0.5, 0.6) is 0 Å². The van der Waals surface area contributed by atoms with Crippen LogP contribution in [0.1, 0.15) is 24.0 Å². The van der Waals surface area contributed by atoms with Crippen LogP contribution in [0.25, 0.3) is 0 Å². The molecule has 2 aliphatic heterocycles. The minimum Gasteiger partial charge on any atom is -0.378 e. The van der Waals surface area contributed by atoms with Crippen LogP contribution in [-0.2, 0) is 22.6 Å². The summed E-state index contributed by atoms with van der Waals surface area (Å²) in [5.41, 5.74) is 13.9. The van der Waals surface area contributed by atoms with Gasteiger partial charge in [-0.3, -0.25) is 9.69 Å². The van der Waals surface area contributed by atoms with Crippen molar-refractivity contribution in [1.82, 2.24) is 9.80 Å². The van der Waals surface area contributed by atoms with Gasteiger partial charge in [0.15, 0.2) is 5.96 Å². The van der Waals surface area contributed by atoms with E-state index in [1.165, 1.54) is 5.56 Å². The van der Waals surface area contributed by atoms with E-state index in [0.29, 0.717) is 25.7 Å². The molecular weight excluding hydrogens is 330 g/mol. The number of piperidine rings is 1. The highest BCUT2D eigenvalue weighted by Gasteiger charge is 2.23. The Balaban J connectivity index is 1.56. The van der Waals surface area contributed by atoms with Crippen LogP contribution in [0.3, 0.4) is 0 Å². The van der Waals surface area contributed by atoms with E-state index in [1.54, 1.807) is 0 Å². The number of carbonyl (C=O) groups is 1. The van der Waals surface area contributed by atoms with Gasteiger partial charge in [0.1, 0.15) is 0 Å². The number of guanidine groups is 1. The lowest BCUT2D eigenvalue weighted by Crippen LogP contribution is -2.44. The average Bonchev–Trinajstić information content (AvgIpc) is 2.67. The summed E-state index contributed by atoms with van der Waals surface area (Å²) in [6, 6.07) is 8.42. The number of nitrogens with two attached hydrogens (primary N) is 2. The number of ether oxygens (including phenoxy) is 1. The third kappa shape index (κ3) is 5.19. The molecule has 1 aromatic rings. The third-order valence-electron chi connectivity index (χ3n) is 5.06. The number of nitrogens with zero attached hydrogens (tertiary/aromatic N) is 3. The minimum absolute atomic E-state index is 0.0233. The second-order valence-corrected chi connectivity index (χ2v) is 7.07. The van der Waals surface area contributed by atoms with E-state index in [2.05, 4.69) is 39.1 Å². The van der Waals surface area contributed by atoms with Crippen molar-refractivity contribution in [3.63, 3.8) is 0 Å². The van der Waals surface area contributed by atoms with Crippen LogP contribution < -0.4 is 11.5 Å². The van der Waals surface area contributed by atoms with Gasteiger partial charge in [-0.25, -0.2) is 4.99 Å². The number of likely N-dealkylation sites (tertiary alicyclic amines) is 1. The predicted octanol–water partition coefficient (Wildman–Crippen LogP) is 0.531. The summed E-state index contributed by atoms with van der Waals surface area (Å²) < 4.78 is 5.34. The highest BCUT2D eigenvalue weighted by atomic mass is 16.5. The number of carbonyl (C=O) groups excluding carboxylic acids is 1. The van der Waals surface area contributed by atoms with Gasteiger partial charge in [-0.15, -0.1) is 0 Å². The number of hydrogen-bond donors (Lipinski definition) is 2. The number of aliphatic imine (C=N–C) groups is 1. The van der Waals surface area contributed by atoms with Crippen LogP contribution in [0.4, 0.5) is 0 Å². The van der Waals surface area contributed by atoms with Crippen molar-refractivity contribution in [2.45, 2.75) is 25.9 Å². The maximum absolute atomic E-state index is 11.4. The number of amides is 1. The summed E-state index contributed by atoms with van der Waals surface area (Å²) in [5, 5.41) is 0. The van der Waals surface area contributed by atoms with Crippen molar-refractivity contribution in [1.29, 1.82) is 0 Å². The second kappa shape index (κ2) is 9.00. The summed E-state index contributed by atoms with van der Waals surface area (Å²) in [7, 11) is 0. The van der Waals surface area contributed by atoms with Gasteiger partial charge in [-0.05, 0) is 30.5 Å². The Labute approximate surface area is 155 Å². The van der Waals surface area contributed by atoms with Crippen LogP contribution in [0, 0.1) is 5.92 Å². The van der Waals surface area contributed by atoms with Crippen LogP contribution >= 0.6 is 0 Å². The lowest BCUT2D eigenvalue weighted by atomic mass is 9.97. The fraction of sp³-hybridized carbons (Fsp3) is 0.579. The molecule has 0 spiro atoms. The molecule has 26 heavy (non-hydrogen) atoms. The van der Waals surface area contributed by atoms with Crippen molar-refractivity contribution in [2.75, 3.05) is 39.4 Å². The monoisotopic (exact) mass is 359 g/mol. The molecule has 2 fully saturated rings. The van der Waals surface area contributed by atoms with Gasteiger partial charge in [0.25, 0.3) is 0 Å². The predicted molar refractivity (Wildman–Crippen MR) is 101 cm³/mol. The summed E-state index contributed by atoms with van der Waals surface area (Å²) in [5.74, 6) is 0.375. The molecule has 1 unspecified atom stereocenters. The zero-order valence-electron chi connectivity index (χ0n) is 15.3. The summed E-state index contributed by atoms with van der Waals surface area (Å²) >= 11 is 0. The maximum Gasteiger partial charge on any atom is 0.221 e. The van der Waals surface area contributed by atoms with Crippen molar-refractivity contribution in [3.8, 4) is 0 Å². The van der Waals surface area contributed by atoms with Crippen LogP contribution in [0.2, 0.25) is 0 Å². The first-order chi connectivity index (χ1) is 12.6. The van der Waals surface area contributed by atoms with Crippen LogP contribution in [0.15, 0.2) is 29.3 Å². The van der Waals surface area contributed by atoms with E-state index in [1.807, 2.05) is 0 Å². The molecule has 1 amide bonds. The molecule has 0 bridgehead atoms. The van der Waals surface area contributed by atoms with E-state index in [4.69, 9.17) is 16.2 Å². The fourth-order valence-electron chi connectivity index (χ4n) is 3.58. The Kier molecular flexibility index (Phi) is 6.46. The molecule has 1 atom stereocenters. The zero-order valence-corrected chi connectivity index (χ0v) is 15.3. The fourth-order valence-corrected chi connectivity index (χ4v) is 3.58. The number of hydrogen-bond acceptors (Lipinski definition) is 4. The first-order valence-corrected chi connectivity index (χ1v) is 9.34. The first-order valence-electron chi connectivity index (χ1n) is 9.34. The van der Waals surface area contributed by atoms with Gasteiger partial charge in [0.05, 0.1) is 25.7 Å². The Morgan fingerprint density at radius 3 is 2.73 bits per heavy atom. The SMILES string of the molecule is NC(=O)C1CCCN(Cc2cccc(CN=C(N)N3CCOCC3)c2)C1. The van der Waals surface area contributed by atoms with E-state index >= 15 is 0 Å². The second-order valence-electron chi connectivity index (χ2n) is 7.07. The Bertz CT molecular complexity index is 643. The Hall–Kier alpha value is -2.12. The van der Waals surface area contributed by atoms with Gasteiger partial charge < -0.3 is 21.1 Å². The number of morpholine rings is 1. The van der Waals surface area contributed by atoms with Gasteiger partial charge >= 0.3 is 0 Å². The lowest BCUT2D eigenvalue weighted by molar-refractivity contribution is -0.123. The Morgan fingerprint density at radius 2 is 1.96 bits per heavy atom. The van der Waals surface area contributed by atoms with Gasteiger partial charge in [-0.2, -0.15) is 0 Å². The average molecular weight is 359 g/mol. The lowest BCUT2D eigenvalue weighted by Gasteiger charge is -2.31. The highest BCUT2D eigenvalue weighted by molar-refractivity contribution is 5.78. The molecule has 0 aromatic heterocycles. The number of rotatable bonds is 5. The van der Waals surface area contributed by atoms with Gasteiger partial charge in [-0.1, -0.05) is 24.3 Å². The summed E-state index contributed by atoms with van der Waals surface area (Å²) in [6.07, 6.45) is 1.93. The Morgan fingerprint density at radius 1 is 1.19 bits per heavy atom. The molecule has 4 N–H and O–H groups in total. The van der Waals surface area contributed by atoms with E-state index in [0.717, 1.165) is 51.1 Å². The summed E-state index contributed by atoms with van der Waals surface area (Å²) in [6.45, 7) is 6.16. The zero-order chi connectivity index (χ0) is 18.4. The van der Waals surface area contributed by atoms with Crippen LogP contribution in [-0.4, -0.2) is 61.1 Å². The largest absolute Gasteiger partial charge is 0.378 e. The molecular formula is C19H29N5O2. The molecule has 0 saturated carbocycles. The maximum atomic E-state index is 11.4. The molecule has 142 valence electrons. The molecule has 0 aliphatic carbocycles. The third-order valence-corrected chi connectivity index (χ3v) is 5.06. The van der Waals surface area contributed by atoms with E-state index in [9.17, 15) is 4.79 Å². The first kappa shape index (κ1) is 18.7. The molecule has 7 heteroatoms. The molecule has 0 radical (unpaired) electrons. The van der Waals surface area contributed by atoms with Crippen molar-refractivity contribution >= 4 is 11.9 Å². The number of primary amides is 1. The van der Waals surface area contributed by atoms with Crippen molar-refractivity contribution in [2.24, 2.45) is 22.4 Å². The smallest absolute Gasteiger partial charge is 0.221 e. The molecule has 2 saturated heterocycles. The van der Waals surface area contributed by atoms with Gasteiger partial charge in [0, 0.05) is 26.2 Å². The van der Waals surface area contributed by atoms with Crippen molar-refractivity contribution in [3.05, 3.63) is 35.4 Å². The normalized spacial score (nSPS) is 22.4. The number of benzene rings is 1. The minimum atomic E-state index is -0.184. The summed E-state index contributed by atoms with van der Waals surface area (Å²) in [4.78, 5) is 20.3. The molecule has 7 nitrogen and oxygen atoms in total. The quantitative estimate of drug-likeness (QED) is 0.590.